The first-order valence-electron chi connectivity index (χ1n) is 4.90. The molecular weight excluding hydrogens is 218 g/mol. The molecule has 0 aliphatic rings. The molecule has 1 aromatic carbocycles. The molecule has 1 N–H and O–H groups in total. The third-order valence-electron chi connectivity index (χ3n) is 2.09. The molecule has 0 bridgehead atoms. The van der Waals surface area contributed by atoms with E-state index in [1.807, 2.05) is 24.3 Å². The van der Waals surface area contributed by atoms with E-state index in [2.05, 4.69) is 17.0 Å². The summed E-state index contributed by atoms with van der Waals surface area (Å²) in [5.41, 5.74) is 2.07. The van der Waals surface area contributed by atoms with Gasteiger partial charge in [0.05, 0.1) is 6.21 Å². The Kier molecular flexibility index (Phi) is 4.66. The summed E-state index contributed by atoms with van der Waals surface area (Å²) >= 11 is 5.04. The first-order valence-corrected chi connectivity index (χ1v) is 5.30. The van der Waals surface area contributed by atoms with Crippen molar-refractivity contribution in [2.75, 3.05) is 14.1 Å². The molecule has 0 heterocycles. The fraction of sp³-hybridized carbons (Fsp3) is 0.167. The lowest BCUT2D eigenvalue weighted by Gasteiger charge is -2.12. The van der Waals surface area contributed by atoms with Crippen LogP contribution >= 0.6 is 12.2 Å². The zero-order chi connectivity index (χ0) is 12.0. The van der Waals surface area contributed by atoms with Crippen molar-refractivity contribution in [3.63, 3.8) is 0 Å². The maximum Gasteiger partial charge on any atom is 0.189 e. The van der Waals surface area contributed by atoms with Crippen LogP contribution in [0.15, 0.2) is 35.9 Å². The minimum Gasteiger partial charge on any atom is -0.364 e. The molecular formula is C12H15N3S. The molecule has 0 radical (unpaired) electrons. The molecule has 0 saturated carbocycles. The number of rotatable bonds is 3. The van der Waals surface area contributed by atoms with E-state index < -0.39 is 0 Å². The lowest BCUT2D eigenvalue weighted by molar-refractivity contribution is 0.540. The lowest BCUT2D eigenvalue weighted by atomic mass is 10.1. The molecule has 0 atom stereocenters. The first-order chi connectivity index (χ1) is 7.69. The van der Waals surface area contributed by atoms with Crippen LogP contribution in [0.3, 0.4) is 0 Å². The molecule has 3 nitrogen and oxygen atoms in total. The number of hydrazone groups is 1. The van der Waals surface area contributed by atoms with Crippen LogP contribution in [-0.2, 0) is 0 Å². The van der Waals surface area contributed by atoms with Gasteiger partial charge in [0.25, 0.3) is 0 Å². The second-order valence-corrected chi connectivity index (χ2v) is 3.54. The van der Waals surface area contributed by atoms with Crippen LogP contribution in [0.2, 0.25) is 0 Å². The zero-order valence-electron chi connectivity index (χ0n) is 9.47. The predicted octanol–water partition coefficient (Wildman–Crippen LogP) is 2.10. The van der Waals surface area contributed by atoms with Crippen LogP contribution in [0.25, 0.3) is 6.08 Å². The molecule has 0 aliphatic heterocycles. The highest BCUT2D eigenvalue weighted by Crippen LogP contribution is 2.07. The van der Waals surface area contributed by atoms with Crippen molar-refractivity contribution < 1.29 is 0 Å². The Bertz CT molecular complexity index is 412. The summed E-state index contributed by atoms with van der Waals surface area (Å²) in [7, 11) is 3.57. The van der Waals surface area contributed by atoms with Gasteiger partial charge in [-0.1, -0.05) is 36.9 Å². The van der Waals surface area contributed by atoms with Gasteiger partial charge in [-0.25, -0.2) is 5.01 Å². The average Bonchev–Trinajstić information content (AvgIpc) is 2.35. The number of nitrogens with one attached hydrogen (secondary N) is 1. The Morgan fingerprint density at radius 3 is 2.62 bits per heavy atom. The second kappa shape index (κ2) is 6.02. The molecule has 84 valence electrons. The summed E-state index contributed by atoms with van der Waals surface area (Å²) in [6.07, 6.45) is 3.57. The molecule has 0 aliphatic carbocycles. The van der Waals surface area contributed by atoms with Crippen molar-refractivity contribution in [2.45, 2.75) is 0 Å². The van der Waals surface area contributed by atoms with Gasteiger partial charge in [0.15, 0.2) is 5.11 Å². The van der Waals surface area contributed by atoms with E-state index in [1.54, 1.807) is 31.4 Å². The number of thiocarbonyl (C=S) groups is 1. The molecule has 16 heavy (non-hydrogen) atoms. The maximum absolute atomic E-state index is 5.04. The lowest BCUT2D eigenvalue weighted by Crippen LogP contribution is -2.30. The molecule has 1 rings (SSSR count). The maximum atomic E-state index is 5.04. The van der Waals surface area contributed by atoms with Gasteiger partial charge >= 0.3 is 0 Å². The van der Waals surface area contributed by atoms with Crippen molar-refractivity contribution in [2.24, 2.45) is 5.10 Å². The zero-order valence-corrected chi connectivity index (χ0v) is 10.3. The summed E-state index contributed by atoms with van der Waals surface area (Å²) in [6, 6.07) is 7.91. The van der Waals surface area contributed by atoms with Gasteiger partial charge in [-0.2, -0.15) is 5.10 Å². The quantitative estimate of drug-likeness (QED) is 0.492. The average molecular weight is 233 g/mol. The SMILES string of the molecule is C=Cc1ccccc1C=NN(C)C(=S)NC. The molecule has 0 amide bonds. The van der Waals surface area contributed by atoms with Crippen LogP contribution in [0.1, 0.15) is 11.1 Å². The number of nitrogens with zero attached hydrogens (tertiary/aromatic N) is 2. The molecule has 1 aromatic rings. The Hall–Kier alpha value is -1.68. The number of hydrogen-bond donors (Lipinski definition) is 1. The topological polar surface area (TPSA) is 27.6 Å². The highest BCUT2D eigenvalue weighted by atomic mass is 32.1. The highest BCUT2D eigenvalue weighted by Gasteiger charge is 1.98. The molecule has 0 unspecified atom stereocenters. The number of benzene rings is 1. The van der Waals surface area contributed by atoms with Gasteiger partial charge in [0.1, 0.15) is 0 Å². The van der Waals surface area contributed by atoms with Crippen molar-refractivity contribution in [3.8, 4) is 0 Å². The molecule has 0 spiro atoms. The van der Waals surface area contributed by atoms with Gasteiger partial charge < -0.3 is 5.32 Å². The van der Waals surface area contributed by atoms with Crippen LogP contribution in [-0.4, -0.2) is 30.4 Å². The summed E-state index contributed by atoms with van der Waals surface area (Å²) in [5.74, 6) is 0. The van der Waals surface area contributed by atoms with Gasteiger partial charge in [-0.3, -0.25) is 0 Å². The van der Waals surface area contributed by atoms with E-state index in [0.29, 0.717) is 5.11 Å². The van der Waals surface area contributed by atoms with Crippen molar-refractivity contribution in [3.05, 3.63) is 42.0 Å². The molecule has 0 aromatic heterocycles. The predicted molar refractivity (Wildman–Crippen MR) is 73.5 cm³/mol. The summed E-state index contributed by atoms with van der Waals surface area (Å²) in [6.45, 7) is 3.76. The van der Waals surface area contributed by atoms with E-state index >= 15 is 0 Å². The van der Waals surface area contributed by atoms with E-state index in [9.17, 15) is 0 Å². The number of hydrogen-bond acceptors (Lipinski definition) is 2. The van der Waals surface area contributed by atoms with Crippen LogP contribution in [0.4, 0.5) is 0 Å². The van der Waals surface area contributed by atoms with E-state index in [-0.39, 0.29) is 0 Å². The fourth-order valence-electron chi connectivity index (χ4n) is 1.18. The first kappa shape index (κ1) is 12.4. The van der Waals surface area contributed by atoms with Crippen molar-refractivity contribution in [1.29, 1.82) is 0 Å². The highest BCUT2D eigenvalue weighted by molar-refractivity contribution is 7.80. The Balaban J connectivity index is 2.83. The third kappa shape index (κ3) is 3.17. The summed E-state index contributed by atoms with van der Waals surface area (Å²) in [4.78, 5) is 0. The van der Waals surface area contributed by atoms with Crippen LogP contribution in [0.5, 0.6) is 0 Å². The monoisotopic (exact) mass is 233 g/mol. The van der Waals surface area contributed by atoms with Crippen molar-refractivity contribution in [1.82, 2.24) is 10.3 Å². The van der Waals surface area contributed by atoms with Crippen LogP contribution < -0.4 is 5.32 Å². The standard InChI is InChI=1S/C12H15N3S/c1-4-10-7-5-6-8-11(10)9-14-15(3)12(16)13-2/h4-9H,1H2,2-3H3,(H,13,16). The van der Waals surface area contributed by atoms with E-state index in [0.717, 1.165) is 11.1 Å². The second-order valence-electron chi connectivity index (χ2n) is 3.16. The Morgan fingerprint density at radius 2 is 2.06 bits per heavy atom. The smallest absolute Gasteiger partial charge is 0.189 e. The molecule has 0 fully saturated rings. The third-order valence-corrected chi connectivity index (χ3v) is 2.56. The van der Waals surface area contributed by atoms with E-state index in [1.165, 1.54) is 0 Å². The largest absolute Gasteiger partial charge is 0.364 e. The summed E-state index contributed by atoms with van der Waals surface area (Å²) in [5, 5.41) is 9.27. The Morgan fingerprint density at radius 1 is 1.44 bits per heavy atom. The fourth-order valence-corrected chi connectivity index (χ4v) is 1.22. The van der Waals surface area contributed by atoms with Crippen molar-refractivity contribution >= 4 is 29.6 Å². The minimum atomic E-state index is 0.576. The van der Waals surface area contributed by atoms with Gasteiger partial charge in [-0.05, 0) is 17.8 Å². The van der Waals surface area contributed by atoms with Gasteiger partial charge in [0, 0.05) is 19.7 Å². The summed E-state index contributed by atoms with van der Waals surface area (Å²) < 4.78 is 0. The minimum absolute atomic E-state index is 0.576. The molecule has 4 heteroatoms. The molecule has 0 saturated heterocycles. The van der Waals surface area contributed by atoms with Crippen LogP contribution in [0, 0.1) is 0 Å². The van der Waals surface area contributed by atoms with Gasteiger partial charge in [-0.15, -0.1) is 0 Å². The normalized spacial score (nSPS) is 10.1. The van der Waals surface area contributed by atoms with Gasteiger partial charge in [0.2, 0.25) is 0 Å². The van der Waals surface area contributed by atoms with E-state index in [4.69, 9.17) is 12.2 Å². The Labute approximate surface area is 101 Å².